The second kappa shape index (κ2) is 8.33. The van der Waals surface area contributed by atoms with Crippen LogP contribution in [-0.2, 0) is 14.3 Å². The molecule has 0 heterocycles. The van der Waals surface area contributed by atoms with Gasteiger partial charge in [0.05, 0.1) is 0 Å². The molecule has 8 heteroatoms. The zero-order valence-electron chi connectivity index (χ0n) is 13.6. The Balaban J connectivity index is 2.84. The van der Waals surface area contributed by atoms with E-state index in [0.29, 0.717) is 5.56 Å². The highest BCUT2D eigenvalue weighted by Crippen LogP contribution is 2.15. The number of nitriles is 1. The van der Waals surface area contributed by atoms with E-state index in [1.807, 2.05) is 31.1 Å². The largest absolute Gasteiger partial charge is 0.448 e. The molecule has 0 aromatic heterocycles. The van der Waals surface area contributed by atoms with Gasteiger partial charge in [0.2, 0.25) is 0 Å². The zero-order valence-corrected chi connectivity index (χ0v) is 13.6. The molecule has 3 amide bonds. The van der Waals surface area contributed by atoms with Gasteiger partial charge in [-0.05, 0) is 30.7 Å². The third-order valence-corrected chi connectivity index (χ3v) is 2.96. The van der Waals surface area contributed by atoms with Crippen LogP contribution in [0.1, 0.15) is 12.5 Å². The summed E-state index contributed by atoms with van der Waals surface area (Å²) < 4.78 is 4.84. The number of rotatable bonds is 5. The molecule has 1 aromatic rings. The van der Waals surface area contributed by atoms with Crippen LogP contribution < -0.4 is 16.0 Å². The fourth-order valence-corrected chi connectivity index (χ4v) is 1.67. The Hall–Kier alpha value is -3.34. The molecule has 3 N–H and O–H groups in total. The van der Waals surface area contributed by atoms with Crippen molar-refractivity contribution >= 4 is 29.7 Å². The van der Waals surface area contributed by atoms with Crippen LogP contribution in [0.3, 0.4) is 0 Å². The Kier molecular flexibility index (Phi) is 6.50. The van der Waals surface area contributed by atoms with Crippen molar-refractivity contribution in [3.63, 3.8) is 0 Å². The van der Waals surface area contributed by atoms with E-state index < -0.39 is 24.0 Å². The van der Waals surface area contributed by atoms with Gasteiger partial charge in [0.1, 0.15) is 11.6 Å². The van der Waals surface area contributed by atoms with Crippen LogP contribution in [-0.4, -0.2) is 38.1 Å². The maximum Gasteiger partial charge on any atom is 0.349 e. The van der Waals surface area contributed by atoms with Crippen molar-refractivity contribution in [2.45, 2.75) is 13.0 Å². The number of hydrogen-bond acceptors (Lipinski definition) is 6. The smallest absolute Gasteiger partial charge is 0.349 e. The number of nitrogens with zero attached hydrogens (tertiary/aromatic N) is 2. The number of carbonyl (C=O) groups excluding carboxylic acids is 3. The lowest BCUT2D eigenvalue weighted by Gasteiger charge is -2.12. The molecule has 0 spiro atoms. The first-order valence-electron chi connectivity index (χ1n) is 6.95. The van der Waals surface area contributed by atoms with E-state index in [0.717, 1.165) is 5.69 Å². The molecule has 0 bridgehead atoms. The quantitative estimate of drug-likeness (QED) is 0.467. The van der Waals surface area contributed by atoms with E-state index in [9.17, 15) is 14.4 Å². The Bertz CT molecular complexity index is 702. The molecule has 0 fully saturated rings. The Morgan fingerprint density at radius 3 is 2.33 bits per heavy atom. The second-order valence-corrected chi connectivity index (χ2v) is 5.06. The molecule has 8 nitrogen and oxygen atoms in total. The van der Waals surface area contributed by atoms with Gasteiger partial charge in [-0.15, -0.1) is 0 Å². The molecular formula is C16H18N4O4. The van der Waals surface area contributed by atoms with Crippen molar-refractivity contribution in [3.05, 3.63) is 35.4 Å². The summed E-state index contributed by atoms with van der Waals surface area (Å²) in [6.07, 6.45) is 0.0818. The van der Waals surface area contributed by atoms with Crippen molar-refractivity contribution in [3.8, 4) is 6.07 Å². The van der Waals surface area contributed by atoms with E-state index in [1.165, 1.54) is 13.0 Å². The van der Waals surface area contributed by atoms with Gasteiger partial charge < -0.3 is 15.4 Å². The minimum Gasteiger partial charge on any atom is -0.448 e. The number of hydrogen-bond donors (Lipinski definition) is 2. The number of anilines is 1. The SMILES string of the molecule is C[C@H](OC(=O)/C(C#N)=C\c1ccc(N(C)C)cc1)C(=O)NC(N)=O. The lowest BCUT2D eigenvalue weighted by atomic mass is 10.1. The van der Waals surface area contributed by atoms with Gasteiger partial charge in [-0.3, -0.25) is 10.1 Å². The van der Waals surface area contributed by atoms with Gasteiger partial charge >= 0.3 is 12.0 Å². The molecule has 0 saturated carbocycles. The summed E-state index contributed by atoms with van der Waals surface area (Å²) in [7, 11) is 3.78. The van der Waals surface area contributed by atoms with E-state index in [4.69, 9.17) is 15.7 Å². The topological polar surface area (TPSA) is 126 Å². The van der Waals surface area contributed by atoms with Crippen molar-refractivity contribution in [1.29, 1.82) is 5.26 Å². The number of esters is 1. The summed E-state index contributed by atoms with van der Waals surface area (Å²) in [5.41, 5.74) is 6.12. The van der Waals surface area contributed by atoms with Gasteiger partial charge in [-0.1, -0.05) is 12.1 Å². The number of primary amides is 1. The minimum absolute atomic E-state index is 0.272. The number of nitrogens with two attached hydrogens (primary N) is 1. The van der Waals surface area contributed by atoms with Crippen LogP contribution in [0, 0.1) is 11.3 Å². The summed E-state index contributed by atoms with van der Waals surface area (Å²) in [6.45, 7) is 1.26. The van der Waals surface area contributed by atoms with Crippen LogP contribution in [0.5, 0.6) is 0 Å². The maximum absolute atomic E-state index is 11.9. The van der Waals surface area contributed by atoms with E-state index in [-0.39, 0.29) is 5.57 Å². The molecule has 0 unspecified atom stereocenters. The van der Waals surface area contributed by atoms with Crippen LogP contribution in [0.2, 0.25) is 0 Å². The van der Waals surface area contributed by atoms with Crippen molar-refractivity contribution in [2.75, 3.05) is 19.0 Å². The first-order valence-corrected chi connectivity index (χ1v) is 6.95. The molecule has 1 aromatic carbocycles. The number of imide groups is 1. The van der Waals surface area contributed by atoms with Gasteiger partial charge in [0.25, 0.3) is 5.91 Å². The highest BCUT2D eigenvalue weighted by Gasteiger charge is 2.21. The zero-order chi connectivity index (χ0) is 18.3. The summed E-state index contributed by atoms with van der Waals surface area (Å²) >= 11 is 0. The summed E-state index contributed by atoms with van der Waals surface area (Å²) in [5.74, 6) is -1.84. The molecule has 1 rings (SSSR count). The fraction of sp³-hybridized carbons (Fsp3) is 0.250. The van der Waals surface area contributed by atoms with Crippen LogP contribution >= 0.6 is 0 Å². The molecule has 1 atom stereocenters. The maximum atomic E-state index is 11.9. The fourth-order valence-electron chi connectivity index (χ4n) is 1.67. The Morgan fingerprint density at radius 2 is 1.88 bits per heavy atom. The monoisotopic (exact) mass is 330 g/mol. The number of benzene rings is 1. The minimum atomic E-state index is -1.27. The predicted molar refractivity (Wildman–Crippen MR) is 87.6 cm³/mol. The van der Waals surface area contributed by atoms with Crippen molar-refractivity contribution in [2.24, 2.45) is 5.73 Å². The van der Waals surface area contributed by atoms with E-state index in [2.05, 4.69) is 0 Å². The van der Waals surface area contributed by atoms with Gasteiger partial charge in [0, 0.05) is 19.8 Å². The molecule has 0 saturated heterocycles. The Morgan fingerprint density at radius 1 is 1.29 bits per heavy atom. The number of amides is 3. The molecule has 0 aliphatic rings. The summed E-state index contributed by atoms with van der Waals surface area (Å²) in [6, 6.07) is 7.81. The molecule has 0 aliphatic heterocycles. The number of nitrogens with one attached hydrogen (secondary N) is 1. The van der Waals surface area contributed by atoms with Gasteiger partial charge in [0.15, 0.2) is 6.10 Å². The van der Waals surface area contributed by atoms with Crippen LogP contribution in [0.4, 0.5) is 10.5 Å². The molecule has 0 aliphatic carbocycles. The third-order valence-electron chi connectivity index (χ3n) is 2.96. The normalized spacial score (nSPS) is 11.8. The van der Waals surface area contributed by atoms with Gasteiger partial charge in [-0.25, -0.2) is 9.59 Å². The standard InChI is InChI=1S/C16H18N4O4/c1-10(14(21)19-16(18)23)24-15(22)12(9-17)8-11-4-6-13(7-5-11)20(2)3/h4-8,10H,1-3H3,(H3,18,19,21,23)/b12-8-/t10-/m0/s1. The Labute approximate surface area is 139 Å². The predicted octanol–water partition coefficient (Wildman–Crippen LogP) is 0.786. The highest BCUT2D eigenvalue weighted by atomic mass is 16.5. The molecule has 0 radical (unpaired) electrons. The lowest BCUT2D eigenvalue weighted by molar-refractivity contribution is -0.150. The average Bonchev–Trinajstić information content (AvgIpc) is 2.52. The third kappa shape index (κ3) is 5.46. The first kappa shape index (κ1) is 18.7. The second-order valence-electron chi connectivity index (χ2n) is 5.06. The number of carbonyl (C=O) groups is 3. The van der Waals surface area contributed by atoms with Crippen LogP contribution in [0.15, 0.2) is 29.8 Å². The average molecular weight is 330 g/mol. The lowest BCUT2D eigenvalue weighted by Crippen LogP contribution is -2.42. The highest BCUT2D eigenvalue weighted by molar-refractivity contribution is 6.01. The number of urea groups is 1. The number of ether oxygens (including phenoxy) is 1. The molecule has 126 valence electrons. The van der Waals surface area contributed by atoms with E-state index >= 15 is 0 Å². The van der Waals surface area contributed by atoms with Crippen molar-refractivity contribution < 1.29 is 19.1 Å². The van der Waals surface area contributed by atoms with Crippen LogP contribution in [0.25, 0.3) is 6.08 Å². The van der Waals surface area contributed by atoms with Crippen molar-refractivity contribution in [1.82, 2.24) is 5.32 Å². The first-order chi connectivity index (χ1) is 11.2. The molecule has 24 heavy (non-hydrogen) atoms. The molecular weight excluding hydrogens is 312 g/mol. The van der Waals surface area contributed by atoms with E-state index in [1.54, 1.807) is 23.5 Å². The summed E-state index contributed by atoms with van der Waals surface area (Å²) in [5, 5.41) is 10.9. The summed E-state index contributed by atoms with van der Waals surface area (Å²) in [4.78, 5) is 35.9. The van der Waals surface area contributed by atoms with Gasteiger partial charge in [-0.2, -0.15) is 5.26 Å².